The molecule has 1 aromatic rings. The number of piperidine rings is 2. The third-order valence-electron chi connectivity index (χ3n) is 6.76. The van der Waals surface area contributed by atoms with Gasteiger partial charge in [0.2, 0.25) is 15.9 Å². The summed E-state index contributed by atoms with van der Waals surface area (Å²) in [5.74, 6) is 0.319. The topological polar surface area (TPSA) is 110 Å². The van der Waals surface area contributed by atoms with Gasteiger partial charge in [-0.25, -0.2) is 8.42 Å². The third-order valence-corrected chi connectivity index (χ3v) is 8.87. The fraction of sp³-hybridized carbons (Fsp3) is 0.762. The van der Waals surface area contributed by atoms with E-state index in [4.69, 9.17) is 9.26 Å². The van der Waals surface area contributed by atoms with Crippen LogP contribution in [0.3, 0.4) is 0 Å². The fourth-order valence-electron chi connectivity index (χ4n) is 4.85. The number of carbonyl (C=O) groups excluding carboxylic acids is 2. The van der Waals surface area contributed by atoms with Crippen molar-refractivity contribution in [3.8, 4) is 0 Å². The van der Waals surface area contributed by atoms with Crippen LogP contribution in [-0.4, -0.2) is 67.9 Å². The van der Waals surface area contributed by atoms with Gasteiger partial charge in [-0.05, 0) is 44.9 Å². The Morgan fingerprint density at radius 1 is 1.13 bits per heavy atom. The number of sulfonamides is 1. The first-order chi connectivity index (χ1) is 14.7. The molecule has 0 spiro atoms. The zero-order valence-electron chi connectivity index (χ0n) is 18.8. The van der Waals surface area contributed by atoms with E-state index in [1.165, 1.54) is 11.4 Å². The number of rotatable bonds is 6. The van der Waals surface area contributed by atoms with Crippen molar-refractivity contribution >= 4 is 21.9 Å². The van der Waals surface area contributed by atoms with Gasteiger partial charge in [-0.2, -0.15) is 4.31 Å². The van der Waals surface area contributed by atoms with E-state index in [-0.39, 0.29) is 34.5 Å². The maximum absolute atomic E-state index is 13.2. The normalized spacial score (nSPS) is 23.7. The summed E-state index contributed by atoms with van der Waals surface area (Å²) in [4.78, 5) is 26.6. The van der Waals surface area contributed by atoms with Crippen LogP contribution in [0, 0.1) is 31.6 Å². The van der Waals surface area contributed by atoms with Crippen molar-refractivity contribution < 1.29 is 27.3 Å². The number of methoxy groups -OCH3 is 1. The molecule has 31 heavy (non-hydrogen) atoms. The second-order valence-electron chi connectivity index (χ2n) is 8.62. The summed E-state index contributed by atoms with van der Waals surface area (Å²) in [7, 11) is -2.28. The first kappa shape index (κ1) is 23.7. The quantitative estimate of drug-likeness (QED) is 0.604. The zero-order chi connectivity index (χ0) is 22.8. The predicted molar refractivity (Wildman–Crippen MR) is 113 cm³/mol. The first-order valence-corrected chi connectivity index (χ1v) is 12.4. The Morgan fingerprint density at radius 2 is 1.81 bits per heavy atom. The van der Waals surface area contributed by atoms with Crippen LogP contribution in [0.4, 0.5) is 0 Å². The number of aromatic nitrogens is 1. The smallest absolute Gasteiger partial charge is 0.308 e. The Hall–Kier alpha value is -1.94. The second-order valence-corrected chi connectivity index (χ2v) is 10.5. The summed E-state index contributed by atoms with van der Waals surface area (Å²) < 4.78 is 37.7. The molecule has 1 amide bonds. The summed E-state index contributed by atoms with van der Waals surface area (Å²) >= 11 is 0. The number of ether oxygens (including phenoxy) is 1. The maximum Gasteiger partial charge on any atom is 0.308 e. The molecular formula is C21H33N3O6S. The number of hydrogen-bond donors (Lipinski definition) is 0. The molecule has 1 aromatic heterocycles. The van der Waals surface area contributed by atoms with Crippen LogP contribution < -0.4 is 0 Å². The standard InChI is InChI=1S/C21H33N3O6S/c1-5-16-13-24(31(27,28)20-14(2)22-30-15(20)3)11-8-18(16)12-19(25)23-9-6-17(7-10-23)21(26)29-4/h16-18H,5-13H2,1-4H3/t16-,18+/m1/s1. The Bertz CT molecular complexity index is 885. The number of nitrogens with zero attached hydrogens (tertiary/aromatic N) is 3. The van der Waals surface area contributed by atoms with E-state index in [1.54, 1.807) is 13.8 Å². The predicted octanol–water partition coefficient (Wildman–Crippen LogP) is 2.13. The van der Waals surface area contributed by atoms with Gasteiger partial charge in [0.15, 0.2) is 5.76 Å². The van der Waals surface area contributed by atoms with E-state index in [9.17, 15) is 18.0 Å². The van der Waals surface area contributed by atoms with Gasteiger partial charge >= 0.3 is 5.97 Å². The lowest BCUT2D eigenvalue weighted by atomic mass is 9.82. The summed E-state index contributed by atoms with van der Waals surface area (Å²) in [5, 5.41) is 3.78. The molecule has 3 rings (SSSR count). The van der Waals surface area contributed by atoms with E-state index < -0.39 is 10.0 Å². The Kier molecular flexibility index (Phi) is 7.41. The molecule has 2 aliphatic heterocycles. The van der Waals surface area contributed by atoms with Crippen LogP contribution in [0.1, 0.15) is 50.5 Å². The van der Waals surface area contributed by atoms with Gasteiger partial charge in [-0.1, -0.05) is 18.5 Å². The molecule has 0 saturated carbocycles. The number of aryl methyl sites for hydroxylation is 2. The highest BCUT2D eigenvalue weighted by molar-refractivity contribution is 7.89. The molecule has 9 nitrogen and oxygen atoms in total. The SMILES string of the molecule is CC[C@@H]1CN(S(=O)(=O)c2c(C)noc2C)CC[C@H]1CC(=O)N1CCC(C(=O)OC)CC1. The van der Waals surface area contributed by atoms with E-state index >= 15 is 0 Å². The lowest BCUT2D eigenvalue weighted by Gasteiger charge is -2.38. The van der Waals surface area contributed by atoms with E-state index in [1.807, 2.05) is 11.8 Å². The van der Waals surface area contributed by atoms with Crippen molar-refractivity contribution in [1.29, 1.82) is 0 Å². The van der Waals surface area contributed by atoms with Gasteiger partial charge in [0, 0.05) is 32.6 Å². The number of esters is 1. The van der Waals surface area contributed by atoms with E-state index in [2.05, 4.69) is 5.16 Å². The van der Waals surface area contributed by atoms with Crippen molar-refractivity contribution in [2.75, 3.05) is 33.3 Å². The second kappa shape index (κ2) is 9.68. The Labute approximate surface area is 184 Å². The van der Waals surface area contributed by atoms with Crippen molar-refractivity contribution in [3.05, 3.63) is 11.5 Å². The van der Waals surface area contributed by atoms with Gasteiger partial charge in [0.25, 0.3) is 0 Å². The molecule has 10 heteroatoms. The summed E-state index contributed by atoms with van der Waals surface area (Å²) in [6.45, 7) is 7.18. The molecule has 0 unspecified atom stereocenters. The molecule has 0 radical (unpaired) electrons. The molecule has 2 fully saturated rings. The summed E-state index contributed by atoms with van der Waals surface area (Å²) in [5.41, 5.74) is 0.373. The van der Waals surface area contributed by atoms with Crippen molar-refractivity contribution in [3.63, 3.8) is 0 Å². The Balaban J connectivity index is 1.60. The molecule has 0 aliphatic carbocycles. The monoisotopic (exact) mass is 455 g/mol. The van der Waals surface area contributed by atoms with Crippen molar-refractivity contribution in [2.24, 2.45) is 17.8 Å². The van der Waals surface area contributed by atoms with Crippen molar-refractivity contribution in [2.45, 2.75) is 57.8 Å². The number of likely N-dealkylation sites (tertiary alicyclic amines) is 1. The van der Waals surface area contributed by atoms with Gasteiger partial charge in [0.05, 0.1) is 13.0 Å². The van der Waals surface area contributed by atoms with Crippen molar-refractivity contribution in [1.82, 2.24) is 14.4 Å². The summed E-state index contributed by atoms with van der Waals surface area (Å²) in [6.07, 6.45) is 3.12. The molecule has 2 aliphatic rings. The first-order valence-electron chi connectivity index (χ1n) is 11.0. The molecular weight excluding hydrogens is 422 g/mol. The van der Waals surface area contributed by atoms with Gasteiger partial charge < -0.3 is 14.2 Å². The van der Waals surface area contributed by atoms with Gasteiger partial charge in [-0.3, -0.25) is 9.59 Å². The number of hydrogen-bond acceptors (Lipinski definition) is 7. The lowest BCUT2D eigenvalue weighted by Crippen LogP contribution is -2.46. The fourth-order valence-corrected chi connectivity index (χ4v) is 6.66. The minimum absolute atomic E-state index is 0.0915. The molecule has 3 heterocycles. The number of amides is 1. The minimum Gasteiger partial charge on any atom is -0.469 e. The Morgan fingerprint density at radius 3 is 2.35 bits per heavy atom. The third kappa shape index (κ3) is 4.95. The van der Waals surface area contributed by atoms with E-state index in [0.717, 1.165) is 6.42 Å². The van der Waals surface area contributed by atoms with Crippen LogP contribution in [0.5, 0.6) is 0 Å². The van der Waals surface area contributed by atoms with Gasteiger partial charge in [0.1, 0.15) is 10.6 Å². The van der Waals surface area contributed by atoms with Crippen LogP contribution in [0.25, 0.3) is 0 Å². The highest BCUT2D eigenvalue weighted by Gasteiger charge is 2.39. The average Bonchev–Trinajstić information content (AvgIpc) is 3.11. The molecule has 0 bridgehead atoms. The van der Waals surface area contributed by atoms with Crippen LogP contribution >= 0.6 is 0 Å². The van der Waals surface area contributed by atoms with Crippen LogP contribution in [0.15, 0.2) is 9.42 Å². The van der Waals surface area contributed by atoms with Crippen LogP contribution in [0.2, 0.25) is 0 Å². The molecule has 2 saturated heterocycles. The minimum atomic E-state index is -3.67. The average molecular weight is 456 g/mol. The molecule has 0 N–H and O–H groups in total. The zero-order valence-corrected chi connectivity index (χ0v) is 19.6. The lowest BCUT2D eigenvalue weighted by molar-refractivity contribution is -0.149. The highest BCUT2D eigenvalue weighted by Crippen LogP contribution is 2.34. The molecule has 2 atom stereocenters. The van der Waals surface area contributed by atoms with Gasteiger partial charge in [-0.15, -0.1) is 0 Å². The largest absolute Gasteiger partial charge is 0.469 e. The highest BCUT2D eigenvalue weighted by atomic mass is 32.2. The molecule has 0 aromatic carbocycles. The van der Waals surface area contributed by atoms with E-state index in [0.29, 0.717) is 63.3 Å². The molecule has 174 valence electrons. The van der Waals surface area contributed by atoms with Crippen LogP contribution in [-0.2, 0) is 24.3 Å². The maximum atomic E-state index is 13.2. The summed E-state index contributed by atoms with van der Waals surface area (Å²) in [6, 6.07) is 0. The number of carbonyl (C=O) groups is 2.